The molecular formula is C20H40O6S. The van der Waals surface area contributed by atoms with E-state index in [9.17, 15) is 13.2 Å². The van der Waals surface area contributed by atoms with Gasteiger partial charge in [-0.3, -0.25) is 9.35 Å². The molecule has 0 aromatic carbocycles. The molecule has 1 unspecified atom stereocenters. The number of carboxylic acids is 1. The first-order valence-electron chi connectivity index (χ1n) is 10.6. The Kier molecular flexibility index (Phi) is 15.9. The van der Waals surface area contributed by atoms with Crippen molar-refractivity contribution in [3.8, 4) is 0 Å². The van der Waals surface area contributed by atoms with E-state index in [1.807, 2.05) is 6.92 Å². The highest BCUT2D eigenvalue weighted by atomic mass is 32.3. The molecule has 0 saturated heterocycles. The van der Waals surface area contributed by atoms with Crippen LogP contribution in [-0.2, 0) is 19.4 Å². The molecule has 0 bridgehead atoms. The van der Waals surface area contributed by atoms with E-state index in [0.717, 1.165) is 25.7 Å². The summed E-state index contributed by atoms with van der Waals surface area (Å²) < 4.78 is 33.0. The average molecular weight is 409 g/mol. The molecule has 1 fully saturated rings. The summed E-state index contributed by atoms with van der Waals surface area (Å²) in [7, 11) is -4.23. The third-order valence-corrected chi connectivity index (χ3v) is 5.69. The van der Waals surface area contributed by atoms with Gasteiger partial charge in [-0.2, -0.15) is 8.42 Å². The van der Waals surface area contributed by atoms with Crippen LogP contribution in [0.2, 0.25) is 0 Å². The van der Waals surface area contributed by atoms with Crippen LogP contribution in [0.4, 0.5) is 0 Å². The largest absolute Gasteiger partial charge is 0.481 e. The maximum atomic E-state index is 10.5. The molecule has 162 valence electrons. The highest BCUT2D eigenvalue weighted by Gasteiger charge is 2.25. The Balaban J connectivity index is 0.000000569. The lowest BCUT2D eigenvalue weighted by atomic mass is 9.93. The summed E-state index contributed by atoms with van der Waals surface area (Å²) in [6.07, 6.45) is 16.5. The molecule has 0 spiro atoms. The molecule has 1 aliphatic carbocycles. The molecule has 1 atom stereocenters. The molecule has 0 amide bonds. The standard InChI is InChI=1S/C12H26O4S.C8H14O2/c1-2-3-4-5-6-7-8-9-10-11-12-16-17(13,14)15;1-6(8(9)10)7-4-2-3-5-7/h2-12H2,1H3,(H,13,14,15);6-7H,2-5H2,1H3,(H,9,10). The van der Waals surface area contributed by atoms with Crippen molar-refractivity contribution in [2.24, 2.45) is 11.8 Å². The predicted octanol–water partition coefficient (Wildman–Crippen LogP) is 5.62. The number of carbonyl (C=O) groups is 1. The molecular weight excluding hydrogens is 368 g/mol. The van der Waals surface area contributed by atoms with Crippen LogP contribution in [0.25, 0.3) is 0 Å². The molecule has 0 aromatic rings. The van der Waals surface area contributed by atoms with Crippen LogP contribution in [0.3, 0.4) is 0 Å². The third-order valence-electron chi connectivity index (χ3n) is 5.23. The van der Waals surface area contributed by atoms with Crippen molar-refractivity contribution in [1.29, 1.82) is 0 Å². The zero-order chi connectivity index (χ0) is 20.5. The fourth-order valence-corrected chi connectivity index (χ4v) is 3.74. The topological polar surface area (TPSA) is 101 Å². The molecule has 6 nitrogen and oxygen atoms in total. The highest BCUT2D eigenvalue weighted by molar-refractivity contribution is 7.80. The summed E-state index contributed by atoms with van der Waals surface area (Å²) in [4.78, 5) is 10.5. The maximum absolute atomic E-state index is 10.5. The van der Waals surface area contributed by atoms with E-state index in [2.05, 4.69) is 11.1 Å². The Morgan fingerprint density at radius 2 is 1.41 bits per heavy atom. The van der Waals surface area contributed by atoms with Crippen LogP contribution in [0.1, 0.15) is 104 Å². The van der Waals surface area contributed by atoms with Gasteiger partial charge in [0, 0.05) is 0 Å². The number of rotatable bonds is 14. The Bertz CT molecular complexity index is 457. The zero-order valence-corrected chi connectivity index (χ0v) is 18.0. The molecule has 0 heterocycles. The molecule has 0 aliphatic heterocycles. The second-order valence-electron chi connectivity index (χ2n) is 7.60. The summed E-state index contributed by atoms with van der Waals surface area (Å²) in [5, 5.41) is 8.64. The predicted molar refractivity (Wildman–Crippen MR) is 108 cm³/mol. The zero-order valence-electron chi connectivity index (χ0n) is 17.2. The summed E-state index contributed by atoms with van der Waals surface area (Å²) >= 11 is 0. The molecule has 0 aromatic heterocycles. The SMILES string of the molecule is CC(C(=O)O)C1CCCC1.CCCCCCCCCCCCOS(=O)(=O)O. The van der Waals surface area contributed by atoms with Crippen molar-refractivity contribution >= 4 is 16.4 Å². The van der Waals surface area contributed by atoms with E-state index in [0.29, 0.717) is 12.3 Å². The minimum Gasteiger partial charge on any atom is -0.481 e. The Morgan fingerprint density at radius 1 is 0.963 bits per heavy atom. The lowest BCUT2D eigenvalue weighted by Crippen LogP contribution is -2.17. The second kappa shape index (κ2) is 16.3. The van der Waals surface area contributed by atoms with Crippen molar-refractivity contribution in [1.82, 2.24) is 0 Å². The van der Waals surface area contributed by atoms with Gasteiger partial charge in [0.1, 0.15) is 0 Å². The minimum atomic E-state index is -4.23. The molecule has 2 N–H and O–H groups in total. The van der Waals surface area contributed by atoms with Gasteiger partial charge in [-0.1, -0.05) is 84.5 Å². The van der Waals surface area contributed by atoms with Gasteiger partial charge in [-0.05, 0) is 25.2 Å². The lowest BCUT2D eigenvalue weighted by Gasteiger charge is -2.12. The summed E-state index contributed by atoms with van der Waals surface area (Å²) in [6, 6.07) is 0. The molecule has 1 rings (SSSR count). The molecule has 1 saturated carbocycles. The fraction of sp³-hybridized carbons (Fsp3) is 0.950. The van der Waals surface area contributed by atoms with E-state index >= 15 is 0 Å². The van der Waals surface area contributed by atoms with E-state index in [1.165, 1.54) is 57.8 Å². The van der Waals surface area contributed by atoms with Crippen molar-refractivity contribution in [3.63, 3.8) is 0 Å². The number of hydrogen-bond acceptors (Lipinski definition) is 4. The first kappa shape index (κ1) is 26.3. The van der Waals surface area contributed by atoms with Crippen LogP contribution in [0, 0.1) is 11.8 Å². The van der Waals surface area contributed by atoms with E-state index in [1.54, 1.807) is 0 Å². The van der Waals surface area contributed by atoms with Crippen LogP contribution in [0.5, 0.6) is 0 Å². The third kappa shape index (κ3) is 17.2. The number of aliphatic carboxylic acids is 1. The first-order chi connectivity index (χ1) is 12.8. The van der Waals surface area contributed by atoms with Gasteiger partial charge >= 0.3 is 16.4 Å². The second-order valence-corrected chi connectivity index (χ2v) is 8.69. The average Bonchev–Trinajstić information content (AvgIpc) is 3.13. The summed E-state index contributed by atoms with van der Waals surface area (Å²) in [5.41, 5.74) is 0. The quantitative estimate of drug-likeness (QED) is 0.285. The van der Waals surface area contributed by atoms with Gasteiger partial charge in [0.2, 0.25) is 0 Å². The van der Waals surface area contributed by atoms with E-state index in [4.69, 9.17) is 9.66 Å². The van der Waals surface area contributed by atoms with Gasteiger partial charge in [0.25, 0.3) is 0 Å². The Morgan fingerprint density at radius 3 is 1.81 bits per heavy atom. The number of carboxylic acid groups (broad SMARTS) is 1. The van der Waals surface area contributed by atoms with Crippen LogP contribution in [0.15, 0.2) is 0 Å². The Hall–Kier alpha value is -0.660. The lowest BCUT2D eigenvalue weighted by molar-refractivity contribution is -0.142. The molecule has 1 aliphatic rings. The van der Waals surface area contributed by atoms with E-state index in [-0.39, 0.29) is 12.5 Å². The van der Waals surface area contributed by atoms with Crippen LogP contribution >= 0.6 is 0 Å². The molecule has 7 heteroatoms. The van der Waals surface area contributed by atoms with Crippen LogP contribution in [-0.4, -0.2) is 30.7 Å². The first-order valence-corrected chi connectivity index (χ1v) is 12.0. The molecule has 27 heavy (non-hydrogen) atoms. The summed E-state index contributed by atoms with van der Waals surface area (Å²) in [5.74, 6) is -0.299. The van der Waals surface area contributed by atoms with Gasteiger partial charge in [0.05, 0.1) is 12.5 Å². The summed E-state index contributed by atoms with van der Waals surface area (Å²) in [6.45, 7) is 4.13. The molecule has 0 radical (unpaired) electrons. The van der Waals surface area contributed by atoms with Gasteiger partial charge in [-0.25, -0.2) is 4.18 Å². The van der Waals surface area contributed by atoms with Crippen molar-refractivity contribution in [2.45, 2.75) is 104 Å². The van der Waals surface area contributed by atoms with Gasteiger partial charge in [0.15, 0.2) is 0 Å². The van der Waals surface area contributed by atoms with Crippen molar-refractivity contribution in [2.75, 3.05) is 6.61 Å². The van der Waals surface area contributed by atoms with Crippen molar-refractivity contribution < 1.29 is 27.1 Å². The minimum absolute atomic E-state index is 0.0926. The normalized spacial score (nSPS) is 16.0. The number of unbranched alkanes of at least 4 members (excludes halogenated alkanes) is 9. The number of hydrogen-bond donors (Lipinski definition) is 2. The smallest absolute Gasteiger partial charge is 0.397 e. The monoisotopic (exact) mass is 408 g/mol. The highest BCUT2D eigenvalue weighted by Crippen LogP contribution is 2.31. The maximum Gasteiger partial charge on any atom is 0.397 e. The van der Waals surface area contributed by atoms with Gasteiger partial charge < -0.3 is 5.11 Å². The van der Waals surface area contributed by atoms with Crippen molar-refractivity contribution in [3.05, 3.63) is 0 Å². The Labute approximate surface area is 166 Å². The van der Waals surface area contributed by atoms with Gasteiger partial charge in [-0.15, -0.1) is 0 Å². The fourth-order valence-electron chi connectivity index (χ4n) is 3.41. The van der Waals surface area contributed by atoms with E-state index < -0.39 is 16.4 Å². The van der Waals surface area contributed by atoms with Crippen LogP contribution < -0.4 is 0 Å².